The minimum Gasteiger partial charge on any atom is -0.449 e. The van der Waals surface area contributed by atoms with Gasteiger partial charge in [-0.15, -0.1) is 0 Å². The van der Waals surface area contributed by atoms with Crippen LogP contribution < -0.4 is 9.80 Å². The molecule has 196 valence electrons. The number of carbonyl (C=O) groups excluding carboxylic acids is 1. The van der Waals surface area contributed by atoms with Crippen LogP contribution in [0.5, 0.6) is 0 Å². The summed E-state index contributed by atoms with van der Waals surface area (Å²) >= 11 is 14.7. The number of cyclic esters (lactones) is 1. The lowest BCUT2D eigenvalue weighted by Gasteiger charge is -2.40. The minimum atomic E-state index is -0.485. The number of carbonyl (C=O) groups is 1. The Morgan fingerprint density at radius 1 is 0.789 bits per heavy atom. The molecule has 0 N–H and O–H groups in total. The Morgan fingerprint density at radius 3 is 1.84 bits per heavy atom. The van der Waals surface area contributed by atoms with Gasteiger partial charge in [0.15, 0.2) is 0 Å². The molecule has 0 aromatic heterocycles. The van der Waals surface area contributed by atoms with Gasteiger partial charge in [0.05, 0.1) is 5.56 Å². The van der Waals surface area contributed by atoms with Gasteiger partial charge in [0.25, 0.3) is 0 Å². The molecule has 8 heteroatoms. The number of allylic oxidation sites excluding steroid dienone is 1. The number of halogens is 4. The van der Waals surface area contributed by atoms with Crippen LogP contribution >= 0.6 is 63.7 Å². The van der Waals surface area contributed by atoms with Gasteiger partial charge in [-0.3, -0.25) is 0 Å². The number of anilines is 2. The molecular weight excluding hydrogens is 740 g/mol. The van der Waals surface area contributed by atoms with Gasteiger partial charge >= 0.3 is 5.97 Å². The van der Waals surface area contributed by atoms with Gasteiger partial charge in [-0.2, -0.15) is 0 Å². The number of hydrogen-bond acceptors (Lipinski definition) is 4. The molecule has 0 aliphatic carbocycles. The first-order valence-electron chi connectivity index (χ1n) is 12.7. The molecule has 3 aromatic carbocycles. The third kappa shape index (κ3) is 4.30. The fourth-order valence-corrected chi connectivity index (χ4v) is 8.80. The summed E-state index contributed by atoms with van der Waals surface area (Å²) in [7, 11) is 4.34. The number of para-hydroxylation sites is 2. The Morgan fingerprint density at radius 2 is 1.29 bits per heavy atom. The molecule has 0 amide bonds. The predicted octanol–water partition coefficient (Wildman–Crippen LogP) is 9.12. The molecule has 0 bridgehead atoms. The summed E-state index contributed by atoms with van der Waals surface area (Å²) < 4.78 is 9.29. The molecule has 0 radical (unpaired) electrons. The van der Waals surface area contributed by atoms with Crippen molar-refractivity contribution in [2.75, 3.05) is 37.0 Å². The second-order valence-corrected chi connectivity index (χ2v) is 13.4. The molecule has 3 aliphatic rings. The van der Waals surface area contributed by atoms with E-state index in [1.807, 2.05) is 0 Å². The zero-order chi connectivity index (χ0) is 26.7. The third-order valence-electron chi connectivity index (χ3n) is 8.13. The van der Waals surface area contributed by atoms with Crippen LogP contribution in [0.2, 0.25) is 0 Å². The van der Waals surface area contributed by atoms with E-state index in [4.69, 9.17) is 4.74 Å². The number of esters is 1. The lowest BCUT2D eigenvalue weighted by Crippen LogP contribution is -2.32. The van der Waals surface area contributed by atoms with E-state index in [0.29, 0.717) is 10.0 Å². The number of rotatable bonds is 3. The Bertz CT molecular complexity index is 1420. The predicted molar refractivity (Wildman–Crippen MR) is 168 cm³/mol. The average Bonchev–Trinajstić information content (AvgIpc) is 3.26. The van der Waals surface area contributed by atoms with Crippen molar-refractivity contribution >= 4 is 81.1 Å². The lowest BCUT2D eigenvalue weighted by molar-refractivity contribution is 0.0464. The molecule has 3 aromatic rings. The van der Waals surface area contributed by atoms with Crippen LogP contribution in [-0.2, 0) is 4.74 Å². The Kier molecular flexibility index (Phi) is 7.29. The normalized spacial score (nSPS) is 21.9. The van der Waals surface area contributed by atoms with Crippen LogP contribution in [0.25, 0.3) is 0 Å². The fourth-order valence-electron chi connectivity index (χ4n) is 6.27. The van der Waals surface area contributed by atoms with Crippen LogP contribution in [0, 0.1) is 0 Å². The van der Waals surface area contributed by atoms with Crippen molar-refractivity contribution in [2.45, 2.75) is 30.8 Å². The van der Waals surface area contributed by atoms with Gasteiger partial charge in [0, 0.05) is 73.8 Å². The summed E-state index contributed by atoms with van der Waals surface area (Å²) in [6, 6.07) is 17.5. The molecule has 3 unspecified atom stereocenters. The van der Waals surface area contributed by atoms with Crippen LogP contribution in [0.1, 0.15) is 57.8 Å². The molecule has 0 fully saturated rings. The summed E-state index contributed by atoms with van der Waals surface area (Å²) in [5, 5.41) is 0. The van der Waals surface area contributed by atoms with Gasteiger partial charge in [-0.25, -0.2) is 4.79 Å². The van der Waals surface area contributed by atoms with Crippen LogP contribution in [0.15, 0.2) is 78.1 Å². The summed E-state index contributed by atoms with van der Waals surface area (Å²) in [6.45, 7) is 1.95. The van der Waals surface area contributed by atoms with Crippen molar-refractivity contribution in [1.29, 1.82) is 0 Å². The second-order valence-electron chi connectivity index (χ2n) is 10.2. The molecule has 3 heterocycles. The van der Waals surface area contributed by atoms with Gasteiger partial charge in [0.1, 0.15) is 6.10 Å². The van der Waals surface area contributed by atoms with Crippen molar-refractivity contribution < 1.29 is 9.53 Å². The quantitative estimate of drug-likeness (QED) is 0.115. The first-order chi connectivity index (χ1) is 18.3. The molecule has 0 saturated carbocycles. The van der Waals surface area contributed by atoms with Gasteiger partial charge in [-0.1, -0.05) is 42.0 Å². The first kappa shape index (κ1) is 26.6. The maximum Gasteiger partial charge on any atom is 0.340 e. The van der Waals surface area contributed by atoms with Crippen molar-refractivity contribution in [2.24, 2.45) is 0 Å². The van der Waals surface area contributed by atoms with Crippen LogP contribution in [0.4, 0.5) is 11.4 Å². The van der Waals surface area contributed by atoms with Crippen molar-refractivity contribution in [3.63, 3.8) is 0 Å². The lowest BCUT2D eigenvalue weighted by atomic mass is 9.73. The highest BCUT2D eigenvalue weighted by Crippen LogP contribution is 2.52. The third-order valence-corrected chi connectivity index (χ3v) is 12.9. The maximum atomic E-state index is 13.2. The summed E-state index contributed by atoms with van der Waals surface area (Å²) in [6.07, 6.45) is 3.79. The molecule has 4 nitrogen and oxygen atoms in total. The topological polar surface area (TPSA) is 32.8 Å². The molecule has 0 saturated heterocycles. The van der Waals surface area contributed by atoms with E-state index in [1.165, 1.54) is 28.1 Å². The summed E-state index contributed by atoms with van der Waals surface area (Å²) in [5.41, 5.74) is 7.98. The Hall–Kier alpha value is -1.61. The number of ether oxygens (including phenoxy) is 1. The average molecular weight is 766 g/mol. The smallest absolute Gasteiger partial charge is 0.340 e. The van der Waals surface area contributed by atoms with E-state index < -0.39 is 6.10 Å². The highest BCUT2D eigenvalue weighted by molar-refractivity contribution is 9.15. The zero-order valence-corrected chi connectivity index (χ0v) is 27.3. The van der Waals surface area contributed by atoms with Crippen molar-refractivity contribution in [3.8, 4) is 0 Å². The molecule has 38 heavy (non-hydrogen) atoms. The van der Waals surface area contributed by atoms with Crippen molar-refractivity contribution in [1.82, 2.24) is 0 Å². The zero-order valence-electron chi connectivity index (χ0n) is 21.0. The van der Waals surface area contributed by atoms with Gasteiger partial charge < -0.3 is 14.5 Å². The van der Waals surface area contributed by atoms with E-state index in [0.717, 1.165) is 44.9 Å². The Balaban J connectivity index is 1.56. The van der Waals surface area contributed by atoms with E-state index in [9.17, 15) is 4.79 Å². The van der Waals surface area contributed by atoms with Crippen LogP contribution in [0.3, 0.4) is 0 Å². The van der Waals surface area contributed by atoms with E-state index in [2.05, 4.69) is 142 Å². The number of nitrogens with zero attached hydrogens (tertiary/aromatic N) is 2. The molecule has 3 aliphatic heterocycles. The maximum absolute atomic E-state index is 13.2. The molecule has 6 rings (SSSR count). The monoisotopic (exact) mass is 762 g/mol. The fraction of sp³-hybridized carbons (Fsp3) is 0.300. The van der Waals surface area contributed by atoms with Gasteiger partial charge in [0.2, 0.25) is 0 Å². The number of hydrogen-bond donors (Lipinski definition) is 0. The minimum absolute atomic E-state index is 0.229. The highest BCUT2D eigenvalue weighted by Gasteiger charge is 2.40. The summed E-state index contributed by atoms with van der Waals surface area (Å²) in [4.78, 5) is 17.9. The SMILES string of the molecule is CN1CCC(C(=CC2OC(=O)c3c(Br)c(Br)c(Br)c(Br)c32)C2CCN(C)c3ccccc32)c2ccccc21. The van der Waals surface area contributed by atoms with E-state index >= 15 is 0 Å². The number of benzene rings is 3. The van der Waals surface area contributed by atoms with Crippen LogP contribution in [-0.4, -0.2) is 33.2 Å². The molecule has 3 atom stereocenters. The largest absolute Gasteiger partial charge is 0.449 e. The van der Waals surface area contributed by atoms with E-state index in [1.54, 1.807) is 0 Å². The first-order valence-corrected chi connectivity index (χ1v) is 15.8. The van der Waals surface area contributed by atoms with Gasteiger partial charge in [-0.05, 0) is 106 Å². The van der Waals surface area contributed by atoms with E-state index in [-0.39, 0.29) is 17.8 Å². The molecular formula is C30H26Br4N2O2. The summed E-state index contributed by atoms with van der Waals surface area (Å²) in [5.74, 6) is 0.148. The standard InChI is InChI=1S/C30H26Br4N2O2/c1-35-13-11-16(18-7-3-5-9-21(18)35)20(17-12-14-36(2)22-10-6-4-8-19(17)22)15-23-24-25(30(37)38-23)27(32)29(34)28(33)26(24)31/h3-10,15-17,23H,11-14H2,1-2H3. The number of fused-ring (bicyclic) bond motifs is 3. The highest BCUT2D eigenvalue weighted by atomic mass is 79.9. The second kappa shape index (κ2) is 10.4. The van der Waals surface area contributed by atoms with Crippen molar-refractivity contribution in [3.05, 3.63) is 100 Å². The Labute approximate surface area is 256 Å². The molecule has 0 spiro atoms.